The Morgan fingerprint density at radius 1 is 1.19 bits per heavy atom. The average molecular weight is 375 g/mol. The molecule has 1 aromatic carbocycles. The maximum atomic E-state index is 12.9. The number of esters is 1. The zero-order chi connectivity index (χ0) is 19.6. The Labute approximate surface area is 158 Å². The molecule has 1 aromatic rings. The Hall–Kier alpha value is -2.24. The Morgan fingerprint density at radius 3 is 2.59 bits per heavy atom. The highest BCUT2D eigenvalue weighted by Crippen LogP contribution is 2.35. The van der Waals surface area contributed by atoms with Crippen molar-refractivity contribution in [3.63, 3.8) is 0 Å². The van der Waals surface area contributed by atoms with Crippen LogP contribution in [0.25, 0.3) is 0 Å². The van der Waals surface area contributed by atoms with Crippen LogP contribution in [0.5, 0.6) is 0 Å². The van der Waals surface area contributed by atoms with Crippen molar-refractivity contribution in [2.24, 2.45) is 17.8 Å². The second kappa shape index (κ2) is 8.19. The van der Waals surface area contributed by atoms with Crippen molar-refractivity contribution in [3.05, 3.63) is 35.6 Å². The third kappa shape index (κ3) is 4.37. The number of ketones is 1. The largest absolute Gasteiger partial charge is 0.457 e. The molecule has 6 heteroatoms. The lowest BCUT2D eigenvalue weighted by Gasteiger charge is -2.39. The number of nitrogens with zero attached hydrogens (tertiary/aromatic N) is 1. The van der Waals surface area contributed by atoms with E-state index in [9.17, 15) is 18.8 Å². The van der Waals surface area contributed by atoms with Gasteiger partial charge in [-0.25, -0.2) is 4.39 Å². The summed E-state index contributed by atoms with van der Waals surface area (Å²) in [5, 5.41) is 0. The van der Waals surface area contributed by atoms with Gasteiger partial charge in [0, 0.05) is 24.6 Å². The first kappa shape index (κ1) is 19.5. The van der Waals surface area contributed by atoms with Crippen molar-refractivity contribution in [3.8, 4) is 0 Å². The molecule has 0 aromatic heterocycles. The molecule has 0 spiro atoms. The van der Waals surface area contributed by atoms with E-state index in [0.717, 1.165) is 12.8 Å². The number of carbonyl (C=O) groups is 3. The van der Waals surface area contributed by atoms with E-state index >= 15 is 0 Å². The number of carbonyl (C=O) groups excluding carboxylic acids is 3. The minimum atomic E-state index is -0.525. The number of hydrogen-bond donors (Lipinski definition) is 0. The van der Waals surface area contributed by atoms with E-state index in [0.29, 0.717) is 23.9 Å². The van der Waals surface area contributed by atoms with Crippen LogP contribution in [-0.4, -0.2) is 41.8 Å². The smallest absolute Gasteiger partial charge is 0.311 e. The number of likely N-dealkylation sites (tertiary alicyclic amines) is 1. The van der Waals surface area contributed by atoms with Gasteiger partial charge in [0.1, 0.15) is 5.82 Å². The van der Waals surface area contributed by atoms with Crippen molar-refractivity contribution in [1.82, 2.24) is 4.90 Å². The Bertz CT molecular complexity index is 717. The quantitative estimate of drug-likeness (QED) is 0.586. The van der Waals surface area contributed by atoms with E-state index in [1.54, 1.807) is 0 Å². The van der Waals surface area contributed by atoms with Crippen molar-refractivity contribution >= 4 is 17.7 Å². The average Bonchev–Trinajstić information content (AvgIpc) is 3.04. The van der Waals surface area contributed by atoms with Crippen molar-refractivity contribution in [2.45, 2.75) is 45.6 Å². The van der Waals surface area contributed by atoms with Gasteiger partial charge in [-0.15, -0.1) is 0 Å². The maximum absolute atomic E-state index is 12.9. The van der Waals surface area contributed by atoms with E-state index in [1.807, 2.05) is 4.90 Å². The van der Waals surface area contributed by atoms with Gasteiger partial charge in [-0.05, 0) is 42.5 Å². The van der Waals surface area contributed by atoms with Crippen LogP contribution in [0.1, 0.15) is 49.9 Å². The fourth-order valence-electron chi connectivity index (χ4n) is 4.18. The lowest BCUT2D eigenvalue weighted by atomic mass is 9.77. The van der Waals surface area contributed by atoms with Crippen LogP contribution >= 0.6 is 0 Å². The van der Waals surface area contributed by atoms with E-state index in [2.05, 4.69) is 13.8 Å². The molecule has 1 saturated heterocycles. The topological polar surface area (TPSA) is 63.7 Å². The maximum Gasteiger partial charge on any atom is 0.311 e. The SMILES string of the molecule is C[C@@H]1[C@@H](C)CCC[C@@H]1N1C[C@H](C(=O)OCC(=O)c2ccc(F)cc2)CC1=O. The summed E-state index contributed by atoms with van der Waals surface area (Å²) in [6.07, 6.45) is 3.39. The molecule has 0 unspecified atom stereocenters. The molecular formula is C21H26FNO4. The predicted molar refractivity (Wildman–Crippen MR) is 97.5 cm³/mol. The molecule has 27 heavy (non-hydrogen) atoms. The summed E-state index contributed by atoms with van der Waals surface area (Å²) in [5.41, 5.74) is 0.290. The van der Waals surface area contributed by atoms with Gasteiger partial charge in [0.15, 0.2) is 12.4 Å². The highest BCUT2D eigenvalue weighted by atomic mass is 19.1. The van der Waals surface area contributed by atoms with Gasteiger partial charge in [0.25, 0.3) is 0 Å². The molecule has 5 nitrogen and oxygen atoms in total. The first-order valence-corrected chi connectivity index (χ1v) is 9.61. The summed E-state index contributed by atoms with van der Waals surface area (Å²) in [7, 11) is 0. The number of halogens is 1. The molecule has 2 aliphatic rings. The first-order chi connectivity index (χ1) is 12.9. The Balaban J connectivity index is 1.54. The molecule has 1 heterocycles. The highest BCUT2D eigenvalue weighted by Gasteiger charge is 2.42. The van der Waals surface area contributed by atoms with Crippen LogP contribution < -0.4 is 0 Å². The number of benzene rings is 1. The van der Waals surface area contributed by atoms with Gasteiger partial charge >= 0.3 is 5.97 Å². The number of hydrogen-bond acceptors (Lipinski definition) is 4. The second-order valence-corrected chi connectivity index (χ2v) is 7.82. The van der Waals surface area contributed by atoms with Crippen LogP contribution in [0.4, 0.5) is 4.39 Å². The molecule has 146 valence electrons. The van der Waals surface area contributed by atoms with Crippen LogP contribution in [0.15, 0.2) is 24.3 Å². The Kier molecular flexibility index (Phi) is 5.92. The minimum absolute atomic E-state index is 0.00670. The summed E-state index contributed by atoms with van der Waals surface area (Å²) >= 11 is 0. The summed E-state index contributed by atoms with van der Waals surface area (Å²) in [5.74, 6) is -0.888. The number of amides is 1. The van der Waals surface area contributed by atoms with Crippen molar-refractivity contribution < 1.29 is 23.5 Å². The molecule has 2 fully saturated rings. The Morgan fingerprint density at radius 2 is 1.89 bits per heavy atom. The van der Waals surface area contributed by atoms with Gasteiger partial charge in [-0.2, -0.15) is 0 Å². The lowest BCUT2D eigenvalue weighted by molar-refractivity contribution is -0.147. The summed E-state index contributed by atoms with van der Waals surface area (Å²) in [6.45, 7) is 4.36. The fraction of sp³-hybridized carbons (Fsp3) is 0.571. The normalized spacial score (nSPS) is 28.3. The third-order valence-corrected chi connectivity index (χ3v) is 6.07. The second-order valence-electron chi connectivity index (χ2n) is 7.82. The van der Waals surface area contributed by atoms with Crippen LogP contribution in [0.3, 0.4) is 0 Å². The number of rotatable bonds is 5. The van der Waals surface area contributed by atoms with Gasteiger partial charge in [0.2, 0.25) is 5.91 Å². The van der Waals surface area contributed by atoms with E-state index in [1.165, 1.54) is 30.7 Å². The van der Waals surface area contributed by atoms with Gasteiger partial charge in [-0.3, -0.25) is 14.4 Å². The summed E-state index contributed by atoms with van der Waals surface area (Å²) in [4.78, 5) is 38.7. The number of Topliss-reactive ketones (excluding diaryl/α,β-unsaturated/α-hetero) is 1. The summed E-state index contributed by atoms with van der Waals surface area (Å²) < 4.78 is 18.1. The molecule has 0 radical (unpaired) electrons. The molecule has 0 bridgehead atoms. The highest BCUT2D eigenvalue weighted by molar-refractivity contribution is 5.98. The van der Waals surface area contributed by atoms with E-state index in [-0.39, 0.29) is 24.2 Å². The van der Waals surface area contributed by atoms with Gasteiger partial charge in [-0.1, -0.05) is 26.7 Å². The van der Waals surface area contributed by atoms with Crippen molar-refractivity contribution in [2.75, 3.05) is 13.2 Å². The molecule has 0 N–H and O–H groups in total. The van der Waals surface area contributed by atoms with E-state index in [4.69, 9.17) is 4.74 Å². The molecule has 1 aliphatic carbocycles. The van der Waals surface area contributed by atoms with Crippen LogP contribution in [0.2, 0.25) is 0 Å². The molecule has 3 rings (SSSR count). The lowest BCUT2D eigenvalue weighted by Crippen LogP contribution is -2.45. The van der Waals surface area contributed by atoms with E-state index < -0.39 is 24.3 Å². The van der Waals surface area contributed by atoms with Gasteiger partial charge < -0.3 is 9.64 Å². The van der Waals surface area contributed by atoms with Gasteiger partial charge in [0.05, 0.1) is 5.92 Å². The molecule has 1 amide bonds. The number of ether oxygens (including phenoxy) is 1. The zero-order valence-electron chi connectivity index (χ0n) is 15.8. The summed E-state index contributed by atoms with van der Waals surface area (Å²) in [6, 6.07) is 5.28. The first-order valence-electron chi connectivity index (χ1n) is 9.61. The molecule has 1 saturated carbocycles. The standard InChI is InChI=1S/C21H26FNO4/c1-13-4-3-5-18(14(13)2)23-11-16(10-20(23)25)21(26)27-12-19(24)15-6-8-17(22)9-7-15/h6-9,13-14,16,18H,3-5,10-12H2,1-2H3/t13-,14+,16+,18-/m0/s1. The molecular weight excluding hydrogens is 349 g/mol. The van der Waals surface area contributed by atoms with Crippen LogP contribution in [-0.2, 0) is 14.3 Å². The monoisotopic (exact) mass is 375 g/mol. The van der Waals surface area contributed by atoms with Crippen molar-refractivity contribution in [1.29, 1.82) is 0 Å². The molecule has 1 aliphatic heterocycles. The molecule has 4 atom stereocenters. The third-order valence-electron chi connectivity index (χ3n) is 6.07. The predicted octanol–water partition coefficient (Wildman–Crippen LogP) is 3.22. The fourth-order valence-corrected chi connectivity index (χ4v) is 4.18. The zero-order valence-corrected chi connectivity index (χ0v) is 15.8. The minimum Gasteiger partial charge on any atom is -0.457 e. The van der Waals surface area contributed by atoms with Crippen LogP contribution in [0, 0.1) is 23.6 Å².